The molecule has 6 heteroatoms. The van der Waals surface area contributed by atoms with Crippen molar-refractivity contribution < 1.29 is 0 Å². The fourth-order valence-electron chi connectivity index (χ4n) is 1.86. The minimum Gasteiger partial charge on any atom is -0.357 e. The van der Waals surface area contributed by atoms with Gasteiger partial charge in [0.05, 0.1) is 12.9 Å². The van der Waals surface area contributed by atoms with Gasteiger partial charge < -0.3 is 19.8 Å². The highest BCUT2D eigenvalue weighted by Gasteiger charge is 1.97. The van der Waals surface area contributed by atoms with Crippen LogP contribution >= 0.6 is 0 Å². The average Bonchev–Trinajstić information content (AvgIpc) is 3.11. The van der Waals surface area contributed by atoms with E-state index in [1.807, 2.05) is 29.2 Å². The SMILES string of the molecule is CCNC(=NCCn1cccc1)NCCn1ccnc1. The van der Waals surface area contributed by atoms with Gasteiger partial charge in [-0.2, -0.15) is 0 Å². The van der Waals surface area contributed by atoms with Crippen LogP contribution in [-0.4, -0.2) is 39.7 Å². The van der Waals surface area contributed by atoms with E-state index in [2.05, 4.69) is 44.5 Å². The molecule has 2 aromatic rings. The molecule has 20 heavy (non-hydrogen) atoms. The second-order valence-electron chi connectivity index (χ2n) is 4.41. The number of hydrogen-bond donors (Lipinski definition) is 2. The van der Waals surface area contributed by atoms with E-state index in [0.717, 1.165) is 38.7 Å². The molecular weight excluding hydrogens is 252 g/mol. The van der Waals surface area contributed by atoms with E-state index < -0.39 is 0 Å². The summed E-state index contributed by atoms with van der Waals surface area (Å²) in [5, 5.41) is 6.57. The quantitative estimate of drug-likeness (QED) is 0.583. The van der Waals surface area contributed by atoms with Gasteiger partial charge in [0.2, 0.25) is 0 Å². The van der Waals surface area contributed by atoms with Crippen molar-refractivity contribution in [2.45, 2.75) is 20.0 Å². The van der Waals surface area contributed by atoms with Crippen molar-refractivity contribution in [2.24, 2.45) is 4.99 Å². The van der Waals surface area contributed by atoms with Gasteiger partial charge in [-0.25, -0.2) is 4.98 Å². The van der Waals surface area contributed by atoms with Crippen LogP contribution in [0.2, 0.25) is 0 Å². The van der Waals surface area contributed by atoms with Crippen LogP contribution in [0.5, 0.6) is 0 Å². The molecule has 0 atom stereocenters. The molecule has 0 amide bonds. The van der Waals surface area contributed by atoms with Crippen LogP contribution in [0.25, 0.3) is 0 Å². The molecule has 0 spiro atoms. The summed E-state index contributed by atoms with van der Waals surface area (Å²) in [6.45, 7) is 6.29. The molecule has 0 bridgehead atoms. The van der Waals surface area contributed by atoms with Crippen LogP contribution in [0.4, 0.5) is 0 Å². The van der Waals surface area contributed by atoms with Crippen LogP contribution in [0.1, 0.15) is 6.92 Å². The summed E-state index contributed by atoms with van der Waals surface area (Å²) in [6.07, 6.45) is 9.66. The molecule has 0 aromatic carbocycles. The average molecular weight is 274 g/mol. The molecule has 0 unspecified atom stereocenters. The number of guanidine groups is 1. The Bertz CT molecular complexity index is 486. The third kappa shape index (κ3) is 4.79. The molecule has 0 aliphatic carbocycles. The van der Waals surface area contributed by atoms with Crippen molar-refractivity contribution in [3.8, 4) is 0 Å². The first-order valence-corrected chi connectivity index (χ1v) is 6.97. The molecule has 0 aliphatic rings. The van der Waals surface area contributed by atoms with Crippen LogP contribution in [0, 0.1) is 0 Å². The summed E-state index contributed by atoms with van der Waals surface area (Å²) >= 11 is 0. The van der Waals surface area contributed by atoms with Crippen molar-refractivity contribution in [1.29, 1.82) is 0 Å². The fraction of sp³-hybridized carbons (Fsp3) is 0.429. The van der Waals surface area contributed by atoms with Crippen LogP contribution in [-0.2, 0) is 13.1 Å². The Hall–Kier alpha value is -2.24. The minimum atomic E-state index is 0.759. The molecule has 6 nitrogen and oxygen atoms in total. The van der Waals surface area contributed by atoms with E-state index in [9.17, 15) is 0 Å². The van der Waals surface area contributed by atoms with E-state index in [0.29, 0.717) is 0 Å². The Morgan fingerprint density at radius 1 is 1.10 bits per heavy atom. The van der Waals surface area contributed by atoms with E-state index in [1.165, 1.54) is 0 Å². The van der Waals surface area contributed by atoms with Gasteiger partial charge in [-0.1, -0.05) is 0 Å². The van der Waals surface area contributed by atoms with E-state index in [-0.39, 0.29) is 0 Å². The molecule has 2 aromatic heterocycles. The smallest absolute Gasteiger partial charge is 0.191 e. The molecular formula is C14H22N6. The number of aliphatic imine (C=N–C) groups is 1. The molecule has 0 saturated heterocycles. The van der Waals surface area contributed by atoms with Crippen molar-refractivity contribution >= 4 is 5.96 Å². The van der Waals surface area contributed by atoms with Gasteiger partial charge in [0.15, 0.2) is 5.96 Å². The van der Waals surface area contributed by atoms with Gasteiger partial charge in [0, 0.05) is 51.0 Å². The van der Waals surface area contributed by atoms with E-state index >= 15 is 0 Å². The third-order valence-corrected chi connectivity index (χ3v) is 2.86. The van der Waals surface area contributed by atoms with Gasteiger partial charge in [-0.05, 0) is 19.1 Å². The maximum atomic E-state index is 4.56. The van der Waals surface area contributed by atoms with Crippen LogP contribution in [0.3, 0.4) is 0 Å². The lowest BCUT2D eigenvalue weighted by atomic mass is 10.5. The largest absolute Gasteiger partial charge is 0.357 e. The Morgan fingerprint density at radius 2 is 1.95 bits per heavy atom. The predicted molar refractivity (Wildman–Crippen MR) is 80.6 cm³/mol. The third-order valence-electron chi connectivity index (χ3n) is 2.86. The van der Waals surface area contributed by atoms with Gasteiger partial charge >= 0.3 is 0 Å². The molecule has 0 aliphatic heterocycles. The summed E-state index contributed by atoms with van der Waals surface area (Å²) in [5.41, 5.74) is 0. The Morgan fingerprint density at radius 3 is 2.65 bits per heavy atom. The van der Waals surface area contributed by atoms with E-state index in [4.69, 9.17) is 0 Å². The van der Waals surface area contributed by atoms with Gasteiger partial charge in [0.1, 0.15) is 0 Å². The molecule has 2 N–H and O–H groups in total. The lowest BCUT2D eigenvalue weighted by Crippen LogP contribution is -2.39. The molecule has 0 saturated carbocycles. The van der Waals surface area contributed by atoms with Crippen molar-refractivity contribution in [3.63, 3.8) is 0 Å². The summed E-state index contributed by atoms with van der Waals surface area (Å²) in [5.74, 6) is 0.861. The van der Waals surface area contributed by atoms with Gasteiger partial charge in [-0.3, -0.25) is 4.99 Å². The number of imidazole rings is 1. The Labute approximate surface area is 119 Å². The highest BCUT2D eigenvalue weighted by Crippen LogP contribution is 1.90. The van der Waals surface area contributed by atoms with Crippen molar-refractivity contribution in [2.75, 3.05) is 19.6 Å². The minimum absolute atomic E-state index is 0.759. The first-order chi connectivity index (χ1) is 9.88. The molecule has 2 rings (SSSR count). The number of nitrogens with one attached hydrogen (secondary N) is 2. The maximum absolute atomic E-state index is 4.56. The summed E-state index contributed by atoms with van der Waals surface area (Å²) in [7, 11) is 0. The zero-order chi connectivity index (χ0) is 14.0. The number of rotatable bonds is 7. The highest BCUT2D eigenvalue weighted by molar-refractivity contribution is 5.79. The molecule has 0 fully saturated rings. The molecule has 108 valence electrons. The van der Waals surface area contributed by atoms with E-state index in [1.54, 1.807) is 6.20 Å². The highest BCUT2D eigenvalue weighted by atomic mass is 15.2. The monoisotopic (exact) mass is 274 g/mol. The standard InChI is InChI=1S/C14H22N6/c1-2-16-14(17-6-11-19-8-3-4-9-19)18-7-12-20-10-5-15-13-20/h3-5,8-10,13H,2,6-7,11-12H2,1H3,(H2,16,17,18). The van der Waals surface area contributed by atoms with Gasteiger partial charge in [0.25, 0.3) is 0 Å². The first kappa shape index (κ1) is 14.2. The first-order valence-electron chi connectivity index (χ1n) is 6.97. The zero-order valence-corrected chi connectivity index (χ0v) is 11.9. The number of aromatic nitrogens is 3. The van der Waals surface area contributed by atoms with Crippen LogP contribution < -0.4 is 10.6 Å². The second-order valence-corrected chi connectivity index (χ2v) is 4.41. The summed E-state index contributed by atoms with van der Waals surface area (Å²) < 4.78 is 4.16. The molecule has 0 radical (unpaired) electrons. The predicted octanol–water partition coefficient (Wildman–Crippen LogP) is 0.940. The van der Waals surface area contributed by atoms with Gasteiger partial charge in [-0.15, -0.1) is 0 Å². The van der Waals surface area contributed by atoms with Crippen molar-refractivity contribution in [1.82, 2.24) is 24.8 Å². The van der Waals surface area contributed by atoms with Crippen LogP contribution in [0.15, 0.2) is 48.2 Å². The second kappa shape index (κ2) is 8.04. The number of hydrogen-bond acceptors (Lipinski definition) is 2. The lowest BCUT2D eigenvalue weighted by Gasteiger charge is -2.11. The Kier molecular flexibility index (Phi) is 5.70. The molecule has 2 heterocycles. The maximum Gasteiger partial charge on any atom is 0.191 e. The topological polar surface area (TPSA) is 59.2 Å². The zero-order valence-electron chi connectivity index (χ0n) is 11.9. The summed E-state index contributed by atoms with van der Waals surface area (Å²) in [4.78, 5) is 8.58. The van der Waals surface area contributed by atoms with Crippen molar-refractivity contribution in [3.05, 3.63) is 43.2 Å². The number of nitrogens with zero attached hydrogens (tertiary/aromatic N) is 4. The summed E-state index contributed by atoms with van der Waals surface area (Å²) in [6, 6.07) is 4.05. The Balaban J connectivity index is 1.73. The lowest BCUT2D eigenvalue weighted by molar-refractivity contribution is 0.656. The normalized spacial score (nSPS) is 11.6. The fourth-order valence-corrected chi connectivity index (χ4v) is 1.86.